The first kappa shape index (κ1) is 20.7. The zero-order valence-electron chi connectivity index (χ0n) is 16.7. The molecule has 1 N–H and O–H groups in total. The van der Waals surface area contributed by atoms with Gasteiger partial charge in [0.25, 0.3) is 5.91 Å². The lowest BCUT2D eigenvalue weighted by molar-refractivity contribution is 0.102. The topological polar surface area (TPSA) is 83.2 Å². The highest BCUT2D eigenvalue weighted by molar-refractivity contribution is 9.10. The van der Waals surface area contributed by atoms with E-state index in [1.165, 1.54) is 0 Å². The van der Waals surface area contributed by atoms with Gasteiger partial charge in [-0.2, -0.15) is 10.2 Å². The van der Waals surface area contributed by atoms with Gasteiger partial charge < -0.3 is 14.8 Å². The van der Waals surface area contributed by atoms with E-state index in [-0.39, 0.29) is 25.1 Å². The summed E-state index contributed by atoms with van der Waals surface area (Å²) >= 11 is 3.38. The Kier molecular flexibility index (Phi) is 6.32. The summed E-state index contributed by atoms with van der Waals surface area (Å²) < 4.78 is 15.5. The fraction of sp³-hybridized carbons (Fsp3) is 0.136. The third kappa shape index (κ3) is 5.52. The number of hydrogen-bond acceptors (Lipinski definition) is 5. The molecule has 0 bridgehead atoms. The molecule has 0 aliphatic heterocycles. The summed E-state index contributed by atoms with van der Waals surface area (Å²) in [4.78, 5) is 12.5. The van der Waals surface area contributed by atoms with Crippen molar-refractivity contribution in [1.82, 2.24) is 19.6 Å². The second kappa shape index (κ2) is 9.48. The van der Waals surface area contributed by atoms with Crippen LogP contribution in [-0.4, -0.2) is 25.5 Å². The lowest BCUT2D eigenvalue weighted by Gasteiger charge is -2.08. The standard InChI is InChI=1S/C22H20BrN5O3/c1-16-4-2-3-5-21(16)31-14-27-11-10-20(26-27)22(29)25-18-12-24-28(13-18)15-30-19-8-6-17(23)7-9-19/h2-13H,14-15H2,1H3,(H,25,29). The Morgan fingerprint density at radius 1 is 1.03 bits per heavy atom. The molecule has 4 rings (SSSR count). The molecule has 8 nitrogen and oxygen atoms in total. The van der Waals surface area contributed by atoms with E-state index in [2.05, 4.69) is 31.4 Å². The number of aryl methyl sites for hydroxylation is 1. The van der Waals surface area contributed by atoms with E-state index in [4.69, 9.17) is 9.47 Å². The second-order valence-electron chi connectivity index (χ2n) is 6.73. The number of hydrogen-bond donors (Lipinski definition) is 1. The molecule has 0 atom stereocenters. The van der Waals surface area contributed by atoms with Crippen molar-refractivity contribution in [1.29, 1.82) is 0 Å². The van der Waals surface area contributed by atoms with Crippen LogP contribution >= 0.6 is 15.9 Å². The highest BCUT2D eigenvalue weighted by atomic mass is 79.9. The van der Waals surface area contributed by atoms with E-state index < -0.39 is 0 Å². The van der Waals surface area contributed by atoms with Gasteiger partial charge in [-0.3, -0.25) is 4.79 Å². The predicted octanol–water partition coefficient (Wildman–Crippen LogP) is 4.48. The van der Waals surface area contributed by atoms with Gasteiger partial charge in [0.2, 0.25) is 0 Å². The minimum Gasteiger partial charge on any atom is -0.471 e. The Labute approximate surface area is 187 Å². The molecule has 9 heteroatoms. The molecule has 0 unspecified atom stereocenters. The molecule has 4 aromatic rings. The quantitative estimate of drug-likeness (QED) is 0.401. The maximum Gasteiger partial charge on any atom is 0.276 e. The van der Waals surface area contributed by atoms with Crippen LogP contribution in [0.3, 0.4) is 0 Å². The number of para-hydroxylation sites is 1. The lowest BCUT2D eigenvalue weighted by atomic mass is 10.2. The fourth-order valence-electron chi connectivity index (χ4n) is 2.77. The first-order valence-corrected chi connectivity index (χ1v) is 10.3. The van der Waals surface area contributed by atoms with E-state index in [0.717, 1.165) is 21.5 Å². The summed E-state index contributed by atoms with van der Waals surface area (Å²) in [5, 5.41) is 11.2. The molecule has 0 fully saturated rings. The molecular weight excluding hydrogens is 462 g/mol. The number of carbonyl (C=O) groups excluding carboxylic acids is 1. The van der Waals surface area contributed by atoms with Crippen LogP contribution in [-0.2, 0) is 13.5 Å². The fourth-order valence-corrected chi connectivity index (χ4v) is 3.04. The molecule has 0 radical (unpaired) electrons. The number of nitrogens with zero attached hydrogens (tertiary/aromatic N) is 4. The molecule has 0 spiro atoms. The van der Waals surface area contributed by atoms with E-state index in [1.807, 2.05) is 55.5 Å². The van der Waals surface area contributed by atoms with Crippen molar-refractivity contribution in [2.45, 2.75) is 20.4 Å². The Hall–Kier alpha value is -3.59. The zero-order chi connectivity index (χ0) is 21.6. The van der Waals surface area contributed by atoms with Crippen LogP contribution in [0.1, 0.15) is 16.1 Å². The van der Waals surface area contributed by atoms with E-state index in [0.29, 0.717) is 5.69 Å². The summed E-state index contributed by atoms with van der Waals surface area (Å²) in [5.41, 5.74) is 1.87. The van der Waals surface area contributed by atoms with Crippen LogP contribution in [0.15, 0.2) is 77.7 Å². The number of amides is 1. The van der Waals surface area contributed by atoms with Gasteiger partial charge in [0.05, 0.1) is 18.1 Å². The van der Waals surface area contributed by atoms with Gasteiger partial charge in [-0.15, -0.1) is 0 Å². The molecular formula is C22H20BrN5O3. The number of halogens is 1. The summed E-state index contributed by atoms with van der Waals surface area (Å²) in [7, 11) is 0. The second-order valence-corrected chi connectivity index (χ2v) is 7.65. The van der Waals surface area contributed by atoms with Crippen molar-refractivity contribution < 1.29 is 14.3 Å². The van der Waals surface area contributed by atoms with E-state index in [9.17, 15) is 4.79 Å². The third-order valence-corrected chi connectivity index (χ3v) is 4.92. The maximum absolute atomic E-state index is 12.5. The molecule has 1 amide bonds. The summed E-state index contributed by atoms with van der Waals surface area (Å²) in [5.74, 6) is 1.17. The monoisotopic (exact) mass is 481 g/mol. The van der Waals surface area contributed by atoms with Crippen molar-refractivity contribution in [2.24, 2.45) is 0 Å². The largest absolute Gasteiger partial charge is 0.471 e. The van der Waals surface area contributed by atoms with E-state index >= 15 is 0 Å². The molecule has 31 heavy (non-hydrogen) atoms. The number of anilines is 1. The Bertz CT molecular complexity index is 1170. The average Bonchev–Trinajstić information content (AvgIpc) is 3.42. The van der Waals surface area contributed by atoms with Crippen LogP contribution < -0.4 is 14.8 Å². The molecule has 0 saturated heterocycles. The Morgan fingerprint density at radius 2 is 1.81 bits per heavy atom. The number of aromatic nitrogens is 4. The maximum atomic E-state index is 12.5. The smallest absolute Gasteiger partial charge is 0.276 e. The average molecular weight is 482 g/mol. The van der Waals surface area contributed by atoms with Gasteiger partial charge in [0.15, 0.2) is 19.2 Å². The highest BCUT2D eigenvalue weighted by Gasteiger charge is 2.11. The molecule has 0 aliphatic rings. The van der Waals surface area contributed by atoms with Crippen LogP contribution in [0.4, 0.5) is 5.69 Å². The SMILES string of the molecule is Cc1ccccc1OCn1ccc(C(=O)Nc2cnn(COc3ccc(Br)cc3)c2)n1. The number of carbonyl (C=O) groups is 1. The lowest BCUT2D eigenvalue weighted by Crippen LogP contribution is -2.14. The molecule has 0 saturated carbocycles. The van der Waals surface area contributed by atoms with Gasteiger partial charge in [-0.25, -0.2) is 9.36 Å². The third-order valence-electron chi connectivity index (χ3n) is 4.39. The summed E-state index contributed by atoms with van der Waals surface area (Å²) in [6, 6.07) is 16.9. The highest BCUT2D eigenvalue weighted by Crippen LogP contribution is 2.18. The van der Waals surface area contributed by atoms with Gasteiger partial charge >= 0.3 is 0 Å². The number of nitrogens with one attached hydrogen (secondary N) is 1. The van der Waals surface area contributed by atoms with Crippen LogP contribution in [0.25, 0.3) is 0 Å². The zero-order valence-corrected chi connectivity index (χ0v) is 18.3. The van der Waals surface area contributed by atoms with Crippen LogP contribution in [0.5, 0.6) is 11.5 Å². The van der Waals surface area contributed by atoms with Crippen molar-refractivity contribution in [3.8, 4) is 11.5 Å². The summed E-state index contributed by atoms with van der Waals surface area (Å²) in [6.07, 6.45) is 4.94. The Morgan fingerprint density at radius 3 is 2.61 bits per heavy atom. The van der Waals surface area contributed by atoms with Crippen LogP contribution in [0, 0.1) is 6.92 Å². The molecule has 2 aromatic heterocycles. The number of rotatable bonds is 8. The minimum atomic E-state index is -0.331. The molecule has 2 aromatic carbocycles. The molecule has 2 heterocycles. The first-order chi connectivity index (χ1) is 15.1. The van der Waals surface area contributed by atoms with Crippen molar-refractivity contribution >= 4 is 27.5 Å². The predicted molar refractivity (Wildman–Crippen MR) is 119 cm³/mol. The van der Waals surface area contributed by atoms with Crippen LogP contribution in [0.2, 0.25) is 0 Å². The van der Waals surface area contributed by atoms with Gasteiger partial charge in [-0.05, 0) is 48.9 Å². The van der Waals surface area contributed by atoms with Gasteiger partial charge in [0, 0.05) is 10.7 Å². The summed E-state index contributed by atoms with van der Waals surface area (Å²) in [6.45, 7) is 2.41. The van der Waals surface area contributed by atoms with Crippen molar-refractivity contribution in [3.05, 3.63) is 88.9 Å². The Balaban J connectivity index is 1.29. The molecule has 158 valence electrons. The van der Waals surface area contributed by atoms with Crippen molar-refractivity contribution in [3.63, 3.8) is 0 Å². The van der Waals surface area contributed by atoms with Gasteiger partial charge in [-0.1, -0.05) is 34.1 Å². The number of ether oxygens (including phenoxy) is 2. The van der Waals surface area contributed by atoms with E-state index in [1.54, 1.807) is 34.0 Å². The molecule has 0 aliphatic carbocycles. The van der Waals surface area contributed by atoms with Gasteiger partial charge in [0.1, 0.15) is 11.5 Å². The van der Waals surface area contributed by atoms with Crippen molar-refractivity contribution in [2.75, 3.05) is 5.32 Å². The minimum absolute atomic E-state index is 0.212. The number of benzene rings is 2. The first-order valence-electron chi connectivity index (χ1n) is 9.51. The normalized spacial score (nSPS) is 10.6.